The molecule has 3 aliphatic rings. The van der Waals surface area contributed by atoms with Gasteiger partial charge in [-0.1, -0.05) is 135 Å². The van der Waals surface area contributed by atoms with E-state index < -0.39 is 0 Å². The number of hydrogen-bond acceptors (Lipinski definition) is 5. The molecular weight excluding hydrogens is 917 g/mol. The Bertz CT molecular complexity index is 3260. The maximum absolute atomic E-state index is 6.03. The molecule has 75 heavy (non-hydrogen) atoms. The second-order valence-corrected chi connectivity index (χ2v) is 20.9. The zero-order chi connectivity index (χ0) is 50.5. The normalized spacial score (nSPS) is 14.1. The molecule has 0 heterocycles. The summed E-state index contributed by atoms with van der Waals surface area (Å²) in [7, 11) is 0. The lowest BCUT2D eigenvalue weighted by atomic mass is 9.94. The molecule has 0 aromatic heterocycles. The SMILES string of the molecule is CCC(CC)c1ccc(N(c2ccc(-c3ccc(CN(c4ccc(-c5ccc(OCC6CC6)cc5)cc4)c4ccc(-c5ccc(OC6CC6)cc5)cc4)cc3)cc2)c2ccc(-c3ccc(OC4CC4)cc3)cc2)cc1. The van der Waals surface area contributed by atoms with Crippen LogP contribution in [0.25, 0.3) is 44.5 Å². The molecule has 0 unspecified atom stereocenters. The molecule has 0 atom stereocenters. The first-order valence-corrected chi connectivity index (χ1v) is 27.4. The Kier molecular flexibility index (Phi) is 14.0. The van der Waals surface area contributed by atoms with Gasteiger partial charge in [-0.05, 0) is 216 Å². The van der Waals surface area contributed by atoms with Crippen molar-refractivity contribution in [1.29, 1.82) is 0 Å². The van der Waals surface area contributed by atoms with Crippen LogP contribution in [0.15, 0.2) is 218 Å². The summed E-state index contributed by atoms with van der Waals surface area (Å²) in [5, 5.41) is 0. The molecule has 3 aliphatic carbocycles. The lowest BCUT2D eigenvalue weighted by molar-refractivity contribution is 0.300. The molecule has 0 N–H and O–H groups in total. The topological polar surface area (TPSA) is 34.2 Å². The highest BCUT2D eigenvalue weighted by Gasteiger charge is 2.25. The molecular formula is C70H66N2O3. The van der Waals surface area contributed by atoms with Crippen molar-refractivity contribution in [2.75, 3.05) is 16.4 Å². The zero-order valence-electron chi connectivity index (χ0n) is 43.3. The molecule has 0 bridgehead atoms. The fourth-order valence-corrected chi connectivity index (χ4v) is 10.1. The first kappa shape index (κ1) is 48.0. The second kappa shape index (κ2) is 21.8. The van der Waals surface area contributed by atoms with Crippen molar-refractivity contribution in [3.63, 3.8) is 0 Å². The molecule has 3 saturated carbocycles. The van der Waals surface area contributed by atoms with Gasteiger partial charge in [0.15, 0.2) is 0 Å². The van der Waals surface area contributed by atoms with Gasteiger partial charge in [-0.3, -0.25) is 0 Å². The summed E-state index contributed by atoms with van der Waals surface area (Å²) in [4.78, 5) is 4.79. The first-order chi connectivity index (χ1) is 37.0. The van der Waals surface area contributed by atoms with Gasteiger partial charge in [0, 0.05) is 35.0 Å². The fourth-order valence-electron chi connectivity index (χ4n) is 10.1. The zero-order valence-corrected chi connectivity index (χ0v) is 43.3. The second-order valence-electron chi connectivity index (χ2n) is 20.9. The lowest BCUT2D eigenvalue weighted by Crippen LogP contribution is -2.16. The molecule has 0 radical (unpaired) electrons. The van der Waals surface area contributed by atoms with Gasteiger partial charge in [0.25, 0.3) is 0 Å². The molecule has 9 aromatic carbocycles. The minimum atomic E-state index is 0.387. The van der Waals surface area contributed by atoms with Gasteiger partial charge in [-0.25, -0.2) is 0 Å². The number of benzene rings is 9. The van der Waals surface area contributed by atoms with Crippen LogP contribution < -0.4 is 24.0 Å². The van der Waals surface area contributed by atoms with Crippen LogP contribution >= 0.6 is 0 Å². The van der Waals surface area contributed by atoms with Gasteiger partial charge in [-0.2, -0.15) is 0 Å². The maximum atomic E-state index is 6.03. The standard InChI is InChI=1S/C70H66N2O3/c1-3-51(4-2)52-15-31-63(32-16-52)72(65-35-19-57(20-36-65)60-25-41-68(42-26-60)75-70-45-46-70)64-33-17-56(18-34-64)53-9-7-49(8-10-53)47-71(62-29-13-55(14-30-62)59-23-39-67(40-24-59)74-69-43-44-69)61-27-11-54(12-28-61)58-21-37-66(38-22-58)73-48-50-5-6-50/h7-42,50-51,69-70H,3-6,43-48H2,1-2H3. The predicted molar refractivity (Wildman–Crippen MR) is 310 cm³/mol. The van der Waals surface area contributed by atoms with Crippen molar-refractivity contribution in [3.8, 4) is 61.8 Å². The summed E-state index contributed by atoms with van der Waals surface area (Å²) in [6.07, 6.45) is 10.3. The summed E-state index contributed by atoms with van der Waals surface area (Å²) < 4.78 is 18.1. The summed E-state index contributed by atoms with van der Waals surface area (Å²) >= 11 is 0. The lowest BCUT2D eigenvalue weighted by Gasteiger charge is -2.27. The average molecular weight is 983 g/mol. The molecule has 0 aliphatic heterocycles. The minimum Gasteiger partial charge on any atom is -0.493 e. The number of anilines is 5. The number of hydrogen-bond donors (Lipinski definition) is 0. The van der Waals surface area contributed by atoms with Crippen LogP contribution in [-0.2, 0) is 6.54 Å². The van der Waals surface area contributed by atoms with E-state index in [4.69, 9.17) is 14.2 Å². The molecule has 374 valence electrons. The van der Waals surface area contributed by atoms with E-state index in [1.807, 2.05) is 0 Å². The Morgan fingerprint density at radius 2 is 0.680 bits per heavy atom. The van der Waals surface area contributed by atoms with Crippen LogP contribution in [0.2, 0.25) is 0 Å². The molecule has 9 aromatic rings. The Morgan fingerprint density at radius 1 is 0.360 bits per heavy atom. The minimum absolute atomic E-state index is 0.387. The van der Waals surface area contributed by atoms with Crippen molar-refractivity contribution in [2.45, 2.75) is 89.9 Å². The number of nitrogens with zero attached hydrogens (tertiary/aromatic N) is 2. The predicted octanol–water partition coefficient (Wildman–Crippen LogP) is 18.9. The highest BCUT2D eigenvalue weighted by molar-refractivity contribution is 5.80. The van der Waals surface area contributed by atoms with E-state index in [0.717, 1.165) is 96.7 Å². The summed E-state index contributed by atoms with van der Waals surface area (Å²) in [6.45, 7) is 6.10. The largest absolute Gasteiger partial charge is 0.493 e. The number of ether oxygens (including phenoxy) is 3. The molecule has 3 fully saturated rings. The van der Waals surface area contributed by atoms with E-state index in [2.05, 4.69) is 242 Å². The van der Waals surface area contributed by atoms with Crippen molar-refractivity contribution >= 4 is 28.4 Å². The van der Waals surface area contributed by atoms with E-state index in [0.29, 0.717) is 24.7 Å². The van der Waals surface area contributed by atoms with E-state index >= 15 is 0 Å². The van der Waals surface area contributed by atoms with Crippen molar-refractivity contribution in [1.82, 2.24) is 0 Å². The molecule has 5 nitrogen and oxygen atoms in total. The number of rotatable bonds is 21. The third kappa shape index (κ3) is 11.7. The van der Waals surface area contributed by atoms with Crippen LogP contribution in [-0.4, -0.2) is 18.8 Å². The van der Waals surface area contributed by atoms with Crippen LogP contribution in [0, 0.1) is 5.92 Å². The van der Waals surface area contributed by atoms with Gasteiger partial charge in [-0.15, -0.1) is 0 Å². The summed E-state index contributed by atoms with van der Waals surface area (Å²) in [5.74, 6) is 4.13. The van der Waals surface area contributed by atoms with Crippen molar-refractivity contribution in [3.05, 3.63) is 230 Å². The van der Waals surface area contributed by atoms with Crippen LogP contribution in [0.5, 0.6) is 17.2 Å². The summed E-state index contributed by atoms with van der Waals surface area (Å²) in [5.41, 5.74) is 17.7. The summed E-state index contributed by atoms with van der Waals surface area (Å²) in [6, 6.07) is 79.8. The Labute approximate surface area is 444 Å². The smallest absolute Gasteiger partial charge is 0.119 e. The van der Waals surface area contributed by atoms with Gasteiger partial charge >= 0.3 is 0 Å². The highest BCUT2D eigenvalue weighted by atomic mass is 16.5. The molecule has 0 amide bonds. The monoisotopic (exact) mass is 983 g/mol. The van der Waals surface area contributed by atoms with Crippen molar-refractivity contribution in [2.24, 2.45) is 5.92 Å². The van der Waals surface area contributed by atoms with Crippen LogP contribution in [0.1, 0.15) is 82.3 Å². The Hall–Kier alpha value is -8.02. The van der Waals surface area contributed by atoms with Gasteiger partial charge in [0.05, 0.1) is 18.8 Å². The van der Waals surface area contributed by atoms with Gasteiger partial charge in [0.2, 0.25) is 0 Å². The first-order valence-electron chi connectivity index (χ1n) is 27.4. The van der Waals surface area contributed by atoms with E-state index in [1.165, 1.54) is 68.5 Å². The average Bonchev–Trinajstić information content (AvgIpc) is 4.33. The van der Waals surface area contributed by atoms with Gasteiger partial charge < -0.3 is 24.0 Å². The maximum Gasteiger partial charge on any atom is 0.119 e. The van der Waals surface area contributed by atoms with Crippen LogP contribution in [0.3, 0.4) is 0 Å². The molecule has 5 heteroatoms. The highest BCUT2D eigenvalue weighted by Crippen LogP contribution is 2.40. The molecule has 0 spiro atoms. The van der Waals surface area contributed by atoms with Crippen LogP contribution in [0.4, 0.5) is 28.4 Å². The third-order valence-corrected chi connectivity index (χ3v) is 15.2. The van der Waals surface area contributed by atoms with E-state index in [1.54, 1.807) is 0 Å². The third-order valence-electron chi connectivity index (χ3n) is 15.2. The Balaban J connectivity index is 0.787. The van der Waals surface area contributed by atoms with Gasteiger partial charge in [0.1, 0.15) is 17.2 Å². The van der Waals surface area contributed by atoms with Crippen molar-refractivity contribution < 1.29 is 14.2 Å². The Morgan fingerprint density at radius 3 is 1.03 bits per heavy atom. The quantitative estimate of drug-likeness (QED) is 0.0717. The molecule has 0 saturated heterocycles. The fraction of sp³-hybridized carbons (Fsp3) is 0.229. The van der Waals surface area contributed by atoms with E-state index in [-0.39, 0.29) is 0 Å². The van der Waals surface area contributed by atoms with E-state index in [9.17, 15) is 0 Å². The molecule has 12 rings (SSSR count).